The van der Waals surface area contributed by atoms with Gasteiger partial charge in [-0.2, -0.15) is 0 Å². The SMILES string of the molecule is Cc1ccc(C(=O)Nc2cccc(O)c2C)c(C)n1. The first-order valence-electron chi connectivity index (χ1n) is 6.03. The predicted octanol–water partition coefficient (Wildman–Crippen LogP) is 2.96. The molecule has 1 aromatic heterocycles. The summed E-state index contributed by atoms with van der Waals surface area (Å²) in [7, 11) is 0. The number of nitrogens with zero attached hydrogens (tertiary/aromatic N) is 1. The van der Waals surface area contributed by atoms with Gasteiger partial charge >= 0.3 is 0 Å². The van der Waals surface area contributed by atoms with Crippen molar-refractivity contribution < 1.29 is 9.90 Å². The van der Waals surface area contributed by atoms with Crippen LogP contribution in [0.2, 0.25) is 0 Å². The van der Waals surface area contributed by atoms with E-state index in [1.807, 2.05) is 6.92 Å². The maximum Gasteiger partial charge on any atom is 0.257 e. The molecular weight excluding hydrogens is 240 g/mol. The average Bonchev–Trinajstić information content (AvgIpc) is 2.34. The van der Waals surface area contributed by atoms with Gasteiger partial charge in [0.1, 0.15) is 5.75 Å². The van der Waals surface area contributed by atoms with Crippen LogP contribution in [-0.2, 0) is 0 Å². The molecule has 98 valence electrons. The van der Waals surface area contributed by atoms with E-state index in [4.69, 9.17) is 0 Å². The number of rotatable bonds is 2. The Morgan fingerprint density at radius 2 is 1.89 bits per heavy atom. The Kier molecular flexibility index (Phi) is 3.51. The van der Waals surface area contributed by atoms with Gasteiger partial charge in [0.05, 0.1) is 11.3 Å². The Hall–Kier alpha value is -2.36. The predicted molar refractivity (Wildman–Crippen MR) is 74.5 cm³/mol. The van der Waals surface area contributed by atoms with Crippen LogP contribution < -0.4 is 5.32 Å². The molecule has 0 fully saturated rings. The van der Waals surface area contributed by atoms with Crippen LogP contribution in [0.4, 0.5) is 5.69 Å². The third-order valence-corrected chi connectivity index (χ3v) is 3.02. The van der Waals surface area contributed by atoms with Crippen molar-refractivity contribution >= 4 is 11.6 Å². The van der Waals surface area contributed by atoms with Crippen molar-refractivity contribution in [1.29, 1.82) is 0 Å². The summed E-state index contributed by atoms with van der Waals surface area (Å²) in [4.78, 5) is 16.4. The number of carbonyl (C=O) groups excluding carboxylic acids is 1. The first-order valence-corrected chi connectivity index (χ1v) is 6.03. The zero-order chi connectivity index (χ0) is 14.0. The van der Waals surface area contributed by atoms with Crippen LogP contribution in [0.15, 0.2) is 30.3 Å². The summed E-state index contributed by atoms with van der Waals surface area (Å²) in [6.45, 7) is 5.44. The molecule has 1 aromatic carbocycles. The second-order valence-corrected chi connectivity index (χ2v) is 4.49. The summed E-state index contributed by atoms with van der Waals surface area (Å²) in [6, 6.07) is 8.59. The summed E-state index contributed by atoms with van der Waals surface area (Å²) in [5.41, 5.74) is 3.35. The van der Waals surface area contributed by atoms with Gasteiger partial charge in [-0.1, -0.05) is 6.07 Å². The lowest BCUT2D eigenvalue weighted by Crippen LogP contribution is -2.15. The highest BCUT2D eigenvalue weighted by molar-refractivity contribution is 6.05. The maximum atomic E-state index is 12.2. The molecule has 4 nitrogen and oxygen atoms in total. The Bertz CT molecular complexity index is 636. The molecule has 4 heteroatoms. The number of aromatic nitrogens is 1. The molecule has 2 N–H and O–H groups in total. The summed E-state index contributed by atoms with van der Waals surface area (Å²) >= 11 is 0. The fraction of sp³-hybridized carbons (Fsp3) is 0.200. The van der Waals surface area contributed by atoms with Gasteiger partial charge < -0.3 is 10.4 Å². The van der Waals surface area contributed by atoms with Crippen LogP contribution >= 0.6 is 0 Å². The van der Waals surface area contributed by atoms with Crippen LogP contribution in [0.5, 0.6) is 5.75 Å². The van der Waals surface area contributed by atoms with Crippen molar-refractivity contribution in [3.05, 3.63) is 52.8 Å². The van der Waals surface area contributed by atoms with Crippen molar-refractivity contribution in [1.82, 2.24) is 4.98 Å². The van der Waals surface area contributed by atoms with Gasteiger partial charge in [-0.25, -0.2) is 0 Å². The van der Waals surface area contributed by atoms with E-state index in [0.29, 0.717) is 22.5 Å². The maximum absolute atomic E-state index is 12.2. The standard InChI is InChI=1S/C15H16N2O2/c1-9-7-8-12(11(3)16-9)15(19)17-13-5-4-6-14(18)10(13)2/h4-8,18H,1-3H3,(H,17,19). The minimum absolute atomic E-state index is 0.163. The van der Waals surface area contributed by atoms with E-state index < -0.39 is 0 Å². The van der Waals surface area contributed by atoms with E-state index in [-0.39, 0.29) is 11.7 Å². The fourth-order valence-electron chi connectivity index (χ4n) is 1.88. The zero-order valence-electron chi connectivity index (χ0n) is 11.2. The molecule has 0 atom stereocenters. The normalized spacial score (nSPS) is 10.3. The molecule has 1 heterocycles. The molecule has 0 bridgehead atoms. The Balaban J connectivity index is 2.28. The average molecular weight is 256 g/mol. The molecule has 0 spiro atoms. The van der Waals surface area contributed by atoms with E-state index in [1.165, 1.54) is 0 Å². The molecule has 0 radical (unpaired) electrons. The van der Waals surface area contributed by atoms with Gasteiger partial charge in [0, 0.05) is 16.9 Å². The number of hydrogen-bond donors (Lipinski definition) is 2. The second-order valence-electron chi connectivity index (χ2n) is 4.49. The van der Waals surface area contributed by atoms with Gasteiger partial charge in [0.25, 0.3) is 5.91 Å². The summed E-state index contributed by atoms with van der Waals surface area (Å²) in [5.74, 6) is -0.0600. The van der Waals surface area contributed by atoms with Crippen LogP contribution in [0.3, 0.4) is 0 Å². The number of amides is 1. The number of carbonyl (C=O) groups is 1. The number of benzene rings is 1. The molecule has 2 rings (SSSR count). The van der Waals surface area contributed by atoms with Gasteiger partial charge in [-0.15, -0.1) is 0 Å². The van der Waals surface area contributed by atoms with Gasteiger partial charge in [-0.05, 0) is 45.0 Å². The lowest BCUT2D eigenvalue weighted by Gasteiger charge is -2.10. The van der Waals surface area contributed by atoms with Gasteiger partial charge in [-0.3, -0.25) is 9.78 Å². The monoisotopic (exact) mass is 256 g/mol. The Morgan fingerprint density at radius 1 is 1.16 bits per heavy atom. The molecule has 0 unspecified atom stereocenters. The molecule has 2 aromatic rings. The zero-order valence-corrected chi connectivity index (χ0v) is 11.2. The highest BCUT2D eigenvalue weighted by atomic mass is 16.3. The number of anilines is 1. The van der Waals surface area contributed by atoms with E-state index in [2.05, 4.69) is 10.3 Å². The first-order chi connectivity index (χ1) is 8.99. The van der Waals surface area contributed by atoms with Crippen molar-refractivity contribution in [2.24, 2.45) is 0 Å². The van der Waals surface area contributed by atoms with E-state index in [0.717, 1.165) is 5.69 Å². The smallest absolute Gasteiger partial charge is 0.257 e. The summed E-state index contributed by atoms with van der Waals surface area (Å²) < 4.78 is 0. The molecule has 0 saturated carbocycles. The highest BCUT2D eigenvalue weighted by Gasteiger charge is 2.12. The molecule has 0 aliphatic heterocycles. The number of hydrogen-bond acceptors (Lipinski definition) is 3. The summed E-state index contributed by atoms with van der Waals surface area (Å²) in [5, 5.41) is 12.4. The van der Waals surface area contributed by atoms with Crippen molar-refractivity contribution in [3.63, 3.8) is 0 Å². The molecule has 19 heavy (non-hydrogen) atoms. The van der Waals surface area contributed by atoms with Crippen molar-refractivity contribution in [2.75, 3.05) is 5.32 Å². The third-order valence-electron chi connectivity index (χ3n) is 3.02. The topological polar surface area (TPSA) is 62.2 Å². The quantitative estimate of drug-likeness (QED) is 0.868. The van der Waals surface area contributed by atoms with E-state index >= 15 is 0 Å². The van der Waals surface area contributed by atoms with Crippen LogP contribution in [0.25, 0.3) is 0 Å². The lowest BCUT2D eigenvalue weighted by molar-refractivity contribution is 0.102. The minimum Gasteiger partial charge on any atom is -0.508 e. The molecule has 0 aliphatic rings. The Labute approximate surface area is 112 Å². The molecule has 1 amide bonds. The van der Waals surface area contributed by atoms with Gasteiger partial charge in [0.15, 0.2) is 0 Å². The fourth-order valence-corrected chi connectivity index (χ4v) is 1.88. The van der Waals surface area contributed by atoms with Crippen LogP contribution in [-0.4, -0.2) is 16.0 Å². The molecule has 0 saturated heterocycles. The first kappa shape index (κ1) is 13.1. The third kappa shape index (κ3) is 2.73. The number of pyridine rings is 1. The van der Waals surface area contributed by atoms with Gasteiger partial charge in [0.2, 0.25) is 0 Å². The molecular formula is C15H16N2O2. The number of nitrogens with one attached hydrogen (secondary N) is 1. The van der Waals surface area contributed by atoms with E-state index in [1.54, 1.807) is 44.2 Å². The van der Waals surface area contributed by atoms with Crippen molar-refractivity contribution in [3.8, 4) is 5.75 Å². The molecule has 0 aliphatic carbocycles. The number of phenolic OH excluding ortho intramolecular Hbond substituents is 1. The minimum atomic E-state index is -0.223. The second kappa shape index (κ2) is 5.10. The Morgan fingerprint density at radius 3 is 2.58 bits per heavy atom. The highest BCUT2D eigenvalue weighted by Crippen LogP contribution is 2.24. The number of aromatic hydroxyl groups is 1. The number of aryl methyl sites for hydroxylation is 2. The van der Waals surface area contributed by atoms with Crippen LogP contribution in [0.1, 0.15) is 27.3 Å². The number of phenols is 1. The van der Waals surface area contributed by atoms with Crippen molar-refractivity contribution in [2.45, 2.75) is 20.8 Å². The summed E-state index contributed by atoms with van der Waals surface area (Å²) in [6.07, 6.45) is 0. The van der Waals surface area contributed by atoms with Crippen LogP contribution in [0, 0.1) is 20.8 Å². The lowest BCUT2D eigenvalue weighted by atomic mass is 10.1. The van der Waals surface area contributed by atoms with E-state index in [9.17, 15) is 9.90 Å². The largest absolute Gasteiger partial charge is 0.508 e.